The quantitative estimate of drug-likeness (QED) is 0.833. The highest BCUT2D eigenvalue weighted by atomic mass is 19.4. The Labute approximate surface area is 133 Å². The van der Waals surface area contributed by atoms with E-state index in [9.17, 15) is 18.0 Å². The van der Waals surface area contributed by atoms with E-state index in [0.717, 1.165) is 17.7 Å². The van der Waals surface area contributed by atoms with Gasteiger partial charge in [0, 0.05) is 51.5 Å². The fraction of sp³-hybridized carbons (Fsp3) is 0.714. The number of piperazine rings is 1. The first-order valence-electron chi connectivity index (χ1n) is 7.59. The zero-order chi connectivity index (χ0) is 16.9. The first-order chi connectivity index (χ1) is 10.8. The number of alkyl halides is 3. The number of nitrogens with one attached hydrogen (secondary N) is 1. The van der Waals surface area contributed by atoms with Crippen LogP contribution < -0.4 is 5.32 Å². The Kier molecular flexibility index (Phi) is 6.00. The Hall–Kier alpha value is -1.61. The zero-order valence-electron chi connectivity index (χ0n) is 13.1. The molecule has 0 bridgehead atoms. The van der Waals surface area contributed by atoms with E-state index in [1.807, 2.05) is 9.80 Å². The molecule has 0 spiro atoms. The molecule has 9 heteroatoms. The minimum Gasteiger partial charge on any atom is -0.340 e. The van der Waals surface area contributed by atoms with Gasteiger partial charge >= 0.3 is 6.18 Å². The molecule has 130 valence electrons. The van der Waals surface area contributed by atoms with E-state index in [0.29, 0.717) is 31.9 Å². The minimum atomic E-state index is -4.27. The number of hydrogen-bond acceptors (Lipinski definition) is 4. The van der Waals surface area contributed by atoms with Gasteiger partial charge in [0.1, 0.15) is 12.4 Å². The standard InChI is InChI=1S/C14H22F3N5O/c1-20(6-2-13(23)21-7-3-18-4-8-21)10-12-19-5-9-22(12)11-14(15,16)17/h5,9,18H,2-4,6-8,10-11H2,1H3. The molecule has 23 heavy (non-hydrogen) atoms. The highest BCUT2D eigenvalue weighted by Crippen LogP contribution is 2.18. The van der Waals surface area contributed by atoms with Crippen LogP contribution in [0.25, 0.3) is 0 Å². The average Bonchev–Trinajstić information content (AvgIpc) is 2.90. The third-order valence-electron chi connectivity index (χ3n) is 3.74. The van der Waals surface area contributed by atoms with Crippen molar-refractivity contribution in [3.05, 3.63) is 18.2 Å². The summed E-state index contributed by atoms with van der Waals surface area (Å²) in [5.41, 5.74) is 0. The molecule has 1 amide bonds. The van der Waals surface area contributed by atoms with Crippen molar-refractivity contribution >= 4 is 5.91 Å². The van der Waals surface area contributed by atoms with Crippen LogP contribution in [-0.2, 0) is 17.9 Å². The number of aromatic nitrogens is 2. The van der Waals surface area contributed by atoms with Crippen molar-refractivity contribution in [2.45, 2.75) is 25.7 Å². The topological polar surface area (TPSA) is 53.4 Å². The van der Waals surface area contributed by atoms with E-state index < -0.39 is 12.7 Å². The van der Waals surface area contributed by atoms with Crippen LogP contribution in [0.3, 0.4) is 0 Å². The van der Waals surface area contributed by atoms with Crippen LogP contribution in [0.2, 0.25) is 0 Å². The van der Waals surface area contributed by atoms with Gasteiger partial charge in [-0.15, -0.1) is 0 Å². The number of hydrogen-bond donors (Lipinski definition) is 1. The summed E-state index contributed by atoms with van der Waals surface area (Å²) in [7, 11) is 1.78. The molecule has 1 aromatic heterocycles. The number of rotatable bonds is 6. The van der Waals surface area contributed by atoms with Gasteiger partial charge in [-0.1, -0.05) is 0 Å². The van der Waals surface area contributed by atoms with Crippen molar-refractivity contribution in [3.8, 4) is 0 Å². The summed E-state index contributed by atoms with van der Waals surface area (Å²) in [6.07, 6.45) is -1.23. The monoisotopic (exact) mass is 333 g/mol. The highest BCUT2D eigenvalue weighted by Gasteiger charge is 2.29. The smallest absolute Gasteiger partial charge is 0.340 e. The highest BCUT2D eigenvalue weighted by molar-refractivity contribution is 5.76. The summed E-state index contributed by atoms with van der Waals surface area (Å²) in [5.74, 6) is 0.427. The molecule has 0 atom stereocenters. The molecule has 0 aliphatic carbocycles. The summed E-state index contributed by atoms with van der Waals surface area (Å²) < 4.78 is 38.5. The predicted molar refractivity (Wildman–Crippen MR) is 78.7 cm³/mol. The summed E-state index contributed by atoms with van der Waals surface area (Å²) in [5, 5.41) is 3.18. The molecule has 0 radical (unpaired) electrons. The first kappa shape index (κ1) is 17.7. The van der Waals surface area contributed by atoms with Gasteiger partial charge in [-0.3, -0.25) is 9.69 Å². The molecule has 1 aliphatic heterocycles. The maximum atomic E-state index is 12.5. The molecule has 2 rings (SSSR count). The number of halogens is 3. The Bertz CT molecular complexity index is 511. The van der Waals surface area contributed by atoms with Gasteiger partial charge in [0.25, 0.3) is 0 Å². The van der Waals surface area contributed by atoms with E-state index in [-0.39, 0.29) is 12.5 Å². The molecule has 0 saturated carbocycles. The second kappa shape index (κ2) is 7.78. The lowest BCUT2D eigenvalue weighted by atomic mass is 10.3. The van der Waals surface area contributed by atoms with E-state index in [4.69, 9.17) is 0 Å². The van der Waals surface area contributed by atoms with Crippen molar-refractivity contribution in [2.75, 3.05) is 39.8 Å². The van der Waals surface area contributed by atoms with Gasteiger partial charge in [-0.2, -0.15) is 13.2 Å². The summed E-state index contributed by atoms with van der Waals surface area (Å²) in [6, 6.07) is 0. The molecule has 1 N–H and O–H groups in total. The predicted octanol–water partition coefficient (Wildman–Crippen LogP) is 0.699. The zero-order valence-corrected chi connectivity index (χ0v) is 13.1. The van der Waals surface area contributed by atoms with Gasteiger partial charge in [0.15, 0.2) is 0 Å². The summed E-state index contributed by atoms with van der Waals surface area (Å²) >= 11 is 0. The molecule has 2 heterocycles. The van der Waals surface area contributed by atoms with Crippen LogP contribution >= 0.6 is 0 Å². The number of imidazole rings is 1. The minimum absolute atomic E-state index is 0.0805. The Morgan fingerprint density at radius 2 is 2.09 bits per heavy atom. The van der Waals surface area contributed by atoms with Crippen molar-refractivity contribution in [1.82, 2.24) is 24.7 Å². The lowest BCUT2D eigenvalue weighted by Crippen LogP contribution is -2.47. The second-order valence-electron chi connectivity index (χ2n) is 5.71. The molecule has 1 saturated heterocycles. The van der Waals surface area contributed by atoms with Crippen LogP contribution in [-0.4, -0.2) is 71.2 Å². The molecule has 0 aromatic carbocycles. The van der Waals surface area contributed by atoms with Crippen molar-refractivity contribution in [1.29, 1.82) is 0 Å². The molecular formula is C14H22F3N5O. The third kappa shape index (κ3) is 5.83. The Balaban J connectivity index is 1.79. The molecule has 6 nitrogen and oxygen atoms in total. The van der Waals surface area contributed by atoms with Gasteiger partial charge < -0.3 is 14.8 Å². The van der Waals surface area contributed by atoms with Crippen LogP contribution in [0.1, 0.15) is 12.2 Å². The maximum Gasteiger partial charge on any atom is 0.406 e. The maximum absolute atomic E-state index is 12.5. The molecule has 0 unspecified atom stereocenters. The number of carbonyl (C=O) groups excluding carboxylic acids is 1. The van der Waals surface area contributed by atoms with Gasteiger partial charge in [0.05, 0.1) is 6.54 Å². The largest absolute Gasteiger partial charge is 0.406 e. The fourth-order valence-electron chi connectivity index (χ4n) is 2.51. The van der Waals surface area contributed by atoms with E-state index in [1.165, 1.54) is 12.4 Å². The van der Waals surface area contributed by atoms with Crippen molar-refractivity contribution in [3.63, 3.8) is 0 Å². The fourth-order valence-corrected chi connectivity index (χ4v) is 2.51. The van der Waals surface area contributed by atoms with Gasteiger partial charge in [-0.25, -0.2) is 4.98 Å². The van der Waals surface area contributed by atoms with Crippen LogP contribution in [0.15, 0.2) is 12.4 Å². The van der Waals surface area contributed by atoms with E-state index >= 15 is 0 Å². The molecule has 1 aliphatic rings. The van der Waals surface area contributed by atoms with E-state index in [2.05, 4.69) is 10.3 Å². The number of amides is 1. The van der Waals surface area contributed by atoms with Gasteiger partial charge in [0.2, 0.25) is 5.91 Å². The lowest BCUT2D eigenvalue weighted by Gasteiger charge is -2.28. The third-order valence-corrected chi connectivity index (χ3v) is 3.74. The van der Waals surface area contributed by atoms with Crippen molar-refractivity contribution < 1.29 is 18.0 Å². The first-order valence-corrected chi connectivity index (χ1v) is 7.59. The second-order valence-corrected chi connectivity index (χ2v) is 5.71. The van der Waals surface area contributed by atoms with Crippen LogP contribution in [0.5, 0.6) is 0 Å². The lowest BCUT2D eigenvalue weighted by molar-refractivity contribution is -0.141. The van der Waals surface area contributed by atoms with Gasteiger partial charge in [-0.05, 0) is 7.05 Å². The SMILES string of the molecule is CN(CCC(=O)N1CCNCC1)Cc1nccn1CC(F)(F)F. The molecule has 1 aromatic rings. The number of nitrogens with zero attached hydrogens (tertiary/aromatic N) is 4. The average molecular weight is 333 g/mol. The summed E-state index contributed by atoms with van der Waals surface area (Å²) in [4.78, 5) is 19.7. The molecular weight excluding hydrogens is 311 g/mol. The summed E-state index contributed by atoms with van der Waals surface area (Å²) in [6.45, 7) is 2.74. The van der Waals surface area contributed by atoms with Crippen LogP contribution in [0.4, 0.5) is 13.2 Å². The Morgan fingerprint density at radius 1 is 1.39 bits per heavy atom. The van der Waals surface area contributed by atoms with Crippen molar-refractivity contribution in [2.24, 2.45) is 0 Å². The number of carbonyl (C=O) groups is 1. The normalized spacial score (nSPS) is 16.1. The van der Waals surface area contributed by atoms with Crippen LogP contribution in [0, 0.1) is 0 Å². The van der Waals surface area contributed by atoms with E-state index in [1.54, 1.807) is 7.05 Å². The molecule has 1 fully saturated rings. The Morgan fingerprint density at radius 3 is 2.74 bits per heavy atom.